The number of carbonyl (C=O) groups excluding carboxylic acids is 1. The van der Waals surface area contributed by atoms with Gasteiger partial charge in [-0.1, -0.05) is 0 Å². The van der Waals surface area contributed by atoms with E-state index in [1.165, 1.54) is 0 Å². The Morgan fingerprint density at radius 3 is 2.92 bits per heavy atom. The quantitative estimate of drug-likeness (QED) is 0.499. The van der Waals surface area contributed by atoms with Gasteiger partial charge in [-0.05, 0) is 13.8 Å². The standard InChI is InChI=1S/C8H10N2O2/c1-8(2)4-3-6(12-7(3)11)5(4)9-10-8/h3-6H,1-2H3/t3-,4-,5-,6-/m1/s1. The normalized spacial score (nSPS) is 51.7. The van der Waals surface area contributed by atoms with Crippen LogP contribution in [0.15, 0.2) is 10.2 Å². The molecular weight excluding hydrogens is 156 g/mol. The maximum absolute atomic E-state index is 11.0. The van der Waals surface area contributed by atoms with E-state index in [1.54, 1.807) is 0 Å². The summed E-state index contributed by atoms with van der Waals surface area (Å²) >= 11 is 0. The van der Waals surface area contributed by atoms with Crippen molar-refractivity contribution >= 4 is 5.97 Å². The topological polar surface area (TPSA) is 51.0 Å². The molecule has 3 aliphatic rings. The van der Waals surface area contributed by atoms with Gasteiger partial charge in [-0.2, -0.15) is 10.2 Å². The lowest BCUT2D eigenvalue weighted by molar-refractivity contribution is -0.224. The van der Waals surface area contributed by atoms with Crippen LogP contribution in [0.1, 0.15) is 13.8 Å². The number of esters is 1. The second-order valence-corrected chi connectivity index (χ2v) is 4.31. The van der Waals surface area contributed by atoms with Crippen molar-refractivity contribution in [1.82, 2.24) is 0 Å². The minimum atomic E-state index is -0.148. The van der Waals surface area contributed by atoms with Crippen LogP contribution in [-0.4, -0.2) is 23.7 Å². The van der Waals surface area contributed by atoms with E-state index in [4.69, 9.17) is 4.74 Å². The zero-order chi connectivity index (χ0) is 8.51. The van der Waals surface area contributed by atoms with Crippen LogP contribution in [0, 0.1) is 11.8 Å². The summed E-state index contributed by atoms with van der Waals surface area (Å²) in [5, 5.41) is 8.28. The summed E-state index contributed by atoms with van der Waals surface area (Å²) in [4.78, 5) is 11.0. The second kappa shape index (κ2) is 1.56. The molecule has 0 aromatic heterocycles. The number of nitrogens with zero attached hydrogens (tertiary/aromatic N) is 2. The predicted octanol–water partition coefficient (Wildman–Crippen LogP) is 0.771. The van der Waals surface area contributed by atoms with Gasteiger partial charge in [-0.3, -0.25) is 4.79 Å². The zero-order valence-corrected chi connectivity index (χ0v) is 7.02. The Kier molecular flexibility index (Phi) is 0.852. The van der Waals surface area contributed by atoms with E-state index in [9.17, 15) is 4.79 Å². The minimum Gasteiger partial charge on any atom is -0.459 e. The summed E-state index contributed by atoms with van der Waals surface area (Å²) < 4.78 is 4.95. The molecule has 12 heavy (non-hydrogen) atoms. The van der Waals surface area contributed by atoms with Crippen molar-refractivity contribution in [2.24, 2.45) is 22.1 Å². The largest absolute Gasteiger partial charge is 0.459 e. The predicted molar refractivity (Wildman–Crippen MR) is 39.6 cm³/mol. The minimum absolute atomic E-state index is 0.0541. The molecule has 2 heterocycles. The summed E-state index contributed by atoms with van der Waals surface area (Å²) in [6, 6.07) is 0.169. The van der Waals surface area contributed by atoms with Crippen LogP contribution in [0.25, 0.3) is 0 Å². The lowest BCUT2D eigenvalue weighted by Crippen LogP contribution is -2.70. The van der Waals surface area contributed by atoms with Crippen molar-refractivity contribution in [2.45, 2.75) is 31.5 Å². The Morgan fingerprint density at radius 1 is 1.50 bits per heavy atom. The van der Waals surface area contributed by atoms with Gasteiger partial charge < -0.3 is 4.74 Å². The van der Waals surface area contributed by atoms with Gasteiger partial charge in [-0.25, -0.2) is 0 Å². The highest BCUT2D eigenvalue weighted by molar-refractivity contribution is 5.82. The maximum atomic E-state index is 11.0. The van der Waals surface area contributed by atoms with E-state index in [0.29, 0.717) is 5.92 Å². The van der Waals surface area contributed by atoms with Crippen LogP contribution >= 0.6 is 0 Å². The molecule has 2 aliphatic heterocycles. The summed E-state index contributed by atoms with van der Waals surface area (Å²) in [5.74, 6) is 0.352. The van der Waals surface area contributed by atoms with Crippen LogP contribution < -0.4 is 0 Å². The van der Waals surface area contributed by atoms with Crippen LogP contribution in [0.5, 0.6) is 0 Å². The molecule has 3 rings (SSSR count). The molecule has 0 amide bonds. The molecular formula is C8H10N2O2. The molecule has 4 heteroatoms. The molecule has 4 atom stereocenters. The van der Waals surface area contributed by atoms with Gasteiger partial charge in [0.25, 0.3) is 0 Å². The Labute approximate surface area is 70.0 Å². The first-order valence-electron chi connectivity index (χ1n) is 4.24. The molecule has 0 bridgehead atoms. The third-order valence-corrected chi connectivity index (χ3v) is 3.23. The van der Waals surface area contributed by atoms with Crippen molar-refractivity contribution in [3.63, 3.8) is 0 Å². The first-order valence-corrected chi connectivity index (χ1v) is 4.24. The van der Waals surface area contributed by atoms with Crippen LogP contribution in [-0.2, 0) is 9.53 Å². The lowest BCUT2D eigenvalue weighted by atomic mass is 9.58. The van der Waals surface area contributed by atoms with Gasteiger partial charge in [0.1, 0.15) is 18.1 Å². The van der Waals surface area contributed by atoms with E-state index < -0.39 is 0 Å². The third-order valence-electron chi connectivity index (χ3n) is 3.23. The maximum Gasteiger partial charge on any atom is 0.313 e. The van der Waals surface area contributed by atoms with Gasteiger partial charge in [0.05, 0.1) is 5.54 Å². The van der Waals surface area contributed by atoms with Crippen LogP contribution in [0.4, 0.5) is 0 Å². The highest BCUT2D eigenvalue weighted by Crippen LogP contribution is 2.56. The Morgan fingerprint density at radius 2 is 2.25 bits per heavy atom. The Bertz CT molecular complexity index is 297. The van der Waals surface area contributed by atoms with Crippen molar-refractivity contribution < 1.29 is 9.53 Å². The van der Waals surface area contributed by atoms with E-state index in [2.05, 4.69) is 10.2 Å². The van der Waals surface area contributed by atoms with E-state index in [0.717, 1.165) is 0 Å². The number of fused-ring (bicyclic) bond motifs is 4. The first-order chi connectivity index (χ1) is 5.61. The van der Waals surface area contributed by atoms with Gasteiger partial charge in [0.15, 0.2) is 0 Å². The molecule has 1 saturated carbocycles. The van der Waals surface area contributed by atoms with Gasteiger partial charge in [-0.15, -0.1) is 0 Å². The molecule has 2 fully saturated rings. The molecule has 0 aromatic rings. The fourth-order valence-electron chi connectivity index (χ4n) is 2.53. The summed E-state index contributed by atoms with van der Waals surface area (Å²) in [7, 11) is 0. The number of azo groups is 1. The number of carbonyl (C=O) groups is 1. The van der Waals surface area contributed by atoms with Gasteiger partial charge in [0.2, 0.25) is 0 Å². The van der Waals surface area contributed by atoms with E-state index in [-0.39, 0.29) is 29.6 Å². The van der Waals surface area contributed by atoms with E-state index >= 15 is 0 Å². The average Bonchev–Trinajstić information content (AvgIpc) is 2.19. The summed E-state index contributed by atoms with van der Waals surface area (Å²) in [5.41, 5.74) is -0.148. The van der Waals surface area contributed by atoms with Gasteiger partial charge >= 0.3 is 5.97 Å². The second-order valence-electron chi connectivity index (χ2n) is 4.31. The van der Waals surface area contributed by atoms with Crippen molar-refractivity contribution in [3.8, 4) is 0 Å². The zero-order valence-electron chi connectivity index (χ0n) is 7.02. The number of hydrogen-bond acceptors (Lipinski definition) is 4. The Hall–Kier alpha value is -0.930. The van der Waals surface area contributed by atoms with Gasteiger partial charge in [0, 0.05) is 5.92 Å². The summed E-state index contributed by atoms with van der Waals surface area (Å²) in [6.45, 7) is 4.06. The third kappa shape index (κ3) is 0.480. The highest BCUT2D eigenvalue weighted by atomic mass is 16.6. The molecule has 0 spiro atoms. The summed E-state index contributed by atoms with van der Waals surface area (Å²) in [6.07, 6.45) is 0.0630. The number of rotatable bonds is 0. The fourth-order valence-corrected chi connectivity index (χ4v) is 2.53. The smallest absolute Gasteiger partial charge is 0.313 e. The Balaban J connectivity index is 1.94. The lowest BCUT2D eigenvalue weighted by Gasteiger charge is -2.54. The van der Waals surface area contributed by atoms with Crippen molar-refractivity contribution in [2.75, 3.05) is 0 Å². The number of ether oxygens (including phenoxy) is 1. The van der Waals surface area contributed by atoms with Crippen molar-refractivity contribution in [1.29, 1.82) is 0 Å². The van der Waals surface area contributed by atoms with Crippen molar-refractivity contribution in [3.05, 3.63) is 0 Å². The molecule has 1 saturated heterocycles. The monoisotopic (exact) mass is 166 g/mol. The first kappa shape index (κ1) is 6.57. The highest BCUT2D eigenvalue weighted by Gasteiger charge is 2.70. The molecule has 0 unspecified atom stereocenters. The van der Waals surface area contributed by atoms with Crippen LogP contribution in [0.2, 0.25) is 0 Å². The molecule has 64 valence electrons. The number of hydrogen-bond donors (Lipinski definition) is 0. The molecule has 1 aliphatic carbocycles. The molecule has 0 radical (unpaired) electrons. The average molecular weight is 166 g/mol. The molecule has 4 nitrogen and oxygen atoms in total. The van der Waals surface area contributed by atoms with Crippen LogP contribution in [0.3, 0.4) is 0 Å². The molecule has 0 aromatic carbocycles. The fraction of sp³-hybridized carbons (Fsp3) is 0.875. The molecule has 0 N–H and O–H groups in total. The SMILES string of the molecule is CC1(C)N=N[C@H]2[C@@H]3OC(=O)[C@@H]3[C@H]21. The van der Waals surface area contributed by atoms with E-state index in [1.807, 2.05) is 13.8 Å².